The Labute approximate surface area is 135 Å². The SMILES string of the molecule is C=C1C(I)=CC(C(=O)O)=[C-]N1CCCC.[Y]. The molecule has 0 saturated carbocycles. The second kappa shape index (κ2) is 7.61. The van der Waals surface area contributed by atoms with Crippen molar-refractivity contribution in [2.75, 3.05) is 6.54 Å². The second-order valence-electron chi connectivity index (χ2n) is 3.27. The van der Waals surface area contributed by atoms with Crippen LogP contribution in [0.1, 0.15) is 19.8 Å². The van der Waals surface area contributed by atoms with Gasteiger partial charge in [-0.3, -0.25) is 0 Å². The summed E-state index contributed by atoms with van der Waals surface area (Å²) in [4.78, 5) is 12.6. The largest absolute Gasteiger partial charge is 0.521 e. The summed E-state index contributed by atoms with van der Waals surface area (Å²) >= 11 is 2.09. The molecule has 0 aromatic carbocycles. The van der Waals surface area contributed by atoms with Crippen LogP contribution in [0, 0.1) is 6.20 Å². The van der Waals surface area contributed by atoms with Gasteiger partial charge < -0.3 is 14.8 Å². The number of carbonyl (C=O) groups is 1. The molecule has 16 heavy (non-hydrogen) atoms. The van der Waals surface area contributed by atoms with E-state index in [9.17, 15) is 4.79 Å². The summed E-state index contributed by atoms with van der Waals surface area (Å²) in [5, 5.41) is 8.88. The first-order chi connectivity index (χ1) is 7.06. The van der Waals surface area contributed by atoms with Gasteiger partial charge in [0.1, 0.15) is 0 Å². The minimum Gasteiger partial charge on any atom is -0.521 e. The normalized spacial score (nSPS) is 15.1. The Morgan fingerprint density at radius 1 is 1.69 bits per heavy atom. The molecule has 85 valence electrons. The molecule has 1 heterocycles. The molecule has 0 bridgehead atoms. The first kappa shape index (κ1) is 16.3. The van der Waals surface area contributed by atoms with Crippen LogP contribution in [0.15, 0.2) is 27.5 Å². The number of halogens is 1. The Morgan fingerprint density at radius 3 is 2.81 bits per heavy atom. The number of carboxylic acid groups (broad SMARTS) is 1. The van der Waals surface area contributed by atoms with Crippen LogP contribution in [-0.2, 0) is 37.5 Å². The van der Waals surface area contributed by atoms with E-state index in [4.69, 9.17) is 5.11 Å². The molecule has 0 saturated heterocycles. The fraction of sp³-hybridized carbons (Fsp3) is 0.364. The summed E-state index contributed by atoms with van der Waals surface area (Å²) in [7, 11) is 0. The molecule has 0 aromatic heterocycles. The van der Waals surface area contributed by atoms with Crippen LogP contribution >= 0.6 is 22.6 Å². The van der Waals surface area contributed by atoms with Gasteiger partial charge in [0, 0.05) is 39.3 Å². The van der Waals surface area contributed by atoms with E-state index in [-0.39, 0.29) is 38.3 Å². The van der Waals surface area contributed by atoms with Crippen LogP contribution in [0.3, 0.4) is 0 Å². The molecule has 0 spiro atoms. The number of rotatable bonds is 4. The number of nitrogens with zero attached hydrogens (tertiary/aromatic N) is 1. The smallest absolute Gasteiger partial charge is 0.249 e. The molecule has 0 amide bonds. The van der Waals surface area contributed by atoms with E-state index in [0.29, 0.717) is 0 Å². The van der Waals surface area contributed by atoms with Crippen LogP contribution in [0.4, 0.5) is 0 Å². The molecular formula is C11H13INO2Y-. The Kier molecular flexibility index (Phi) is 7.77. The Hall–Kier alpha value is 0.324. The minimum absolute atomic E-state index is 0. The van der Waals surface area contributed by atoms with Gasteiger partial charge in [0.25, 0.3) is 0 Å². The fourth-order valence-corrected chi connectivity index (χ4v) is 1.80. The van der Waals surface area contributed by atoms with Crippen LogP contribution < -0.4 is 0 Å². The number of unbranched alkanes of at least 4 members (excludes halogenated alkanes) is 1. The van der Waals surface area contributed by atoms with Crippen molar-refractivity contribution in [1.29, 1.82) is 0 Å². The zero-order valence-corrected chi connectivity index (χ0v) is 14.2. The molecule has 0 aromatic rings. The van der Waals surface area contributed by atoms with Gasteiger partial charge >= 0.3 is 0 Å². The van der Waals surface area contributed by atoms with Gasteiger partial charge in [-0.1, -0.05) is 42.1 Å². The standard InChI is InChI=1S/C11H13INO2.Y/c1-3-4-5-13-7-9(11(14)15)6-10(12)8(13)2;/h6H,2-5H2,1H3,(H,14,15);/q-1;. The van der Waals surface area contributed by atoms with Crippen molar-refractivity contribution in [3.63, 3.8) is 0 Å². The Balaban J connectivity index is 0.00000225. The van der Waals surface area contributed by atoms with Gasteiger partial charge in [0.15, 0.2) is 0 Å². The molecule has 0 unspecified atom stereocenters. The molecule has 1 N–H and O–H groups in total. The molecule has 1 radical (unpaired) electrons. The van der Waals surface area contributed by atoms with Crippen molar-refractivity contribution in [3.05, 3.63) is 33.7 Å². The average Bonchev–Trinajstić information content (AvgIpc) is 2.19. The molecule has 0 aliphatic carbocycles. The molecule has 1 aliphatic rings. The summed E-state index contributed by atoms with van der Waals surface area (Å²) < 4.78 is 0.861. The first-order valence-corrected chi connectivity index (χ1v) is 5.85. The van der Waals surface area contributed by atoms with Crippen LogP contribution in [0.25, 0.3) is 0 Å². The predicted octanol–water partition coefficient (Wildman–Crippen LogP) is 2.70. The predicted molar refractivity (Wildman–Crippen MR) is 67.2 cm³/mol. The molecular weight excluding hydrogens is 394 g/mol. The third-order valence-corrected chi connectivity index (χ3v) is 3.03. The Morgan fingerprint density at radius 2 is 2.31 bits per heavy atom. The summed E-state index contributed by atoms with van der Waals surface area (Å²) in [6.45, 7) is 6.77. The van der Waals surface area contributed by atoms with E-state index in [0.717, 1.165) is 28.7 Å². The van der Waals surface area contributed by atoms with E-state index in [1.807, 2.05) is 0 Å². The van der Waals surface area contributed by atoms with E-state index < -0.39 is 5.97 Å². The third kappa shape index (κ3) is 4.30. The maximum absolute atomic E-state index is 10.8. The van der Waals surface area contributed by atoms with Crippen LogP contribution in [-0.4, -0.2) is 22.5 Å². The quantitative estimate of drug-likeness (QED) is 0.576. The molecule has 5 heteroatoms. The van der Waals surface area contributed by atoms with Crippen molar-refractivity contribution in [1.82, 2.24) is 4.90 Å². The topological polar surface area (TPSA) is 40.5 Å². The van der Waals surface area contributed by atoms with Gasteiger partial charge in [0.05, 0.1) is 0 Å². The molecule has 1 rings (SSSR count). The first-order valence-electron chi connectivity index (χ1n) is 4.77. The number of allylic oxidation sites excluding steroid dienone is 1. The van der Waals surface area contributed by atoms with Crippen LogP contribution in [0.5, 0.6) is 0 Å². The molecule has 3 nitrogen and oxygen atoms in total. The molecule has 0 fully saturated rings. The maximum Gasteiger partial charge on any atom is 0.249 e. The minimum atomic E-state index is -0.946. The average molecular weight is 407 g/mol. The van der Waals surface area contributed by atoms with Gasteiger partial charge in [-0.25, -0.2) is 0 Å². The Bertz CT molecular complexity index is 350. The van der Waals surface area contributed by atoms with Gasteiger partial charge in [-0.15, -0.1) is 12.7 Å². The number of aliphatic carboxylic acids is 1. The van der Waals surface area contributed by atoms with E-state index in [1.54, 1.807) is 11.0 Å². The van der Waals surface area contributed by atoms with E-state index in [1.165, 1.54) is 0 Å². The zero-order valence-electron chi connectivity index (χ0n) is 9.16. The summed E-state index contributed by atoms with van der Waals surface area (Å²) in [6, 6.07) is 0. The summed E-state index contributed by atoms with van der Waals surface area (Å²) in [5.74, 6) is -0.946. The van der Waals surface area contributed by atoms with Crippen molar-refractivity contribution in [2.24, 2.45) is 0 Å². The summed E-state index contributed by atoms with van der Waals surface area (Å²) in [5.41, 5.74) is 1.02. The van der Waals surface area contributed by atoms with Crippen molar-refractivity contribution < 1.29 is 42.6 Å². The monoisotopic (exact) mass is 407 g/mol. The number of carboxylic acids is 1. The summed E-state index contributed by atoms with van der Waals surface area (Å²) in [6.07, 6.45) is 6.50. The number of hydrogen-bond acceptors (Lipinski definition) is 2. The fourth-order valence-electron chi connectivity index (χ4n) is 1.20. The van der Waals surface area contributed by atoms with Crippen molar-refractivity contribution in [2.45, 2.75) is 19.8 Å². The maximum atomic E-state index is 10.8. The molecule has 0 atom stereocenters. The van der Waals surface area contributed by atoms with Gasteiger partial charge in [0.2, 0.25) is 5.97 Å². The van der Waals surface area contributed by atoms with Crippen molar-refractivity contribution >= 4 is 28.6 Å². The third-order valence-electron chi connectivity index (χ3n) is 2.09. The van der Waals surface area contributed by atoms with Gasteiger partial charge in [-0.2, -0.15) is 0 Å². The van der Waals surface area contributed by atoms with Gasteiger partial charge in [-0.05, 0) is 21.3 Å². The molecule has 1 aliphatic heterocycles. The second-order valence-corrected chi connectivity index (χ2v) is 4.44. The van der Waals surface area contributed by atoms with Crippen molar-refractivity contribution in [3.8, 4) is 0 Å². The number of hydrogen-bond donors (Lipinski definition) is 1. The van der Waals surface area contributed by atoms with E-state index in [2.05, 4.69) is 42.3 Å². The van der Waals surface area contributed by atoms with E-state index >= 15 is 0 Å². The zero-order chi connectivity index (χ0) is 11.4. The van der Waals surface area contributed by atoms with Crippen LogP contribution in [0.2, 0.25) is 0 Å².